The van der Waals surface area contributed by atoms with Crippen molar-refractivity contribution in [3.63, 3.8) is 0 Å². The molecule has 0 aliphatic carbocycles. The summed E-state index contributed by atoms with van der Waals surface area (Å²) in [4.78, 5) is 40.5. The Hall–Kier alpha value is -3.80. The van der Waals surface area contributed by atoms with Crippen LogP contribution in [0.3, 0.4) is 0 Å². The minimum absolute atomic E-state index is 0.0307. The second-order valence-electron chi connectivity index (χ2n) is 4.83. The molecule has 2 aromatic rings. The number of nitriles is 1. The maximum Gasteiger partial charge on any atom is 0.322 e. The van der Waals surface area contributed by atoms with Gasteiger partial charge >= 0.3 is 5.97 Å². The van der Waals surface area contributed by atoms with Crippen molar-refractivity contribution in [2.75, 3.05) is 13.2 Å². The highest BCUT2D eigenvalue weighted by Gasteiger charge is 2.23. The smallest absolute Gasteiger partial charge is 0.322 e. The molecule has 2 rings (SSSR count). The van der Waals surface area contributed by atoms with Gasteiger partial charge in [0.05, 0.1) is 17.1 Å². The first-order valence-corrected chi connectivity index (χ1v) is 6.96. The van der Waals surface area contributed by atoms with E-state index in [4.69, 9.17) is 15.2 Å². The molecular formula is C16H13N3O6. The Morgan fingerprint density at radius 3 is 2.76 bits per heavy atom. The van der Waals surface area contributed by atoms with Gasteiger partial charge in [0, 0.05) is 5.39 Å². The summed E-state index contributed by atoms with van der Waals surface area (Å²) in [7, 11) is 0. The summed E-state index contributed by atoms with van der Waals surface area (Å²) in [5, 5.41) is 30.0. The van der Waals surface area contributed by atoms with Crippen molar-refractivity contribution in [3.8, 4) is 11.8 Å². The zero-order valence-electron chi connectivity index (χ0n) is 12.9. The molecule has 1 aromatic carbocycles. The number of rotatable bonds is 6. The van der Waals surface area contributed by atoms with E-state index in [2.05, 4.69) is 6.58 Å². The van der Waals surface area contributed by atoms with E-state index < -0.39 is 35.3 Å². The number of hydrogen-bond acceptors (Lipinski definition) is 6. The van der Waals surface area contributed by atoms with Crippen LogP contribution in [0.4, 0.5) is 0 Å². The molecule has 1 aromatic heterocycles. The van der Waals surface area contributed by atoms with Gasteiger partial charge in [-0.05, 0) is 18.2 Å². The van der Waals surface area contributed by atoms with Gasteiger partial charge in [-0.15, -0.1) is 4.73 Å². The summed E-state index contributed by atoms with van der Waals surface area (Å²) in [6.45, 7) is 2.67. The minimum Gasteiger partial charge on any atom is -0.506 e. The summed E-state index contributed by atoms with van der Waals surface area (Å²) in [6, 6.07) is 5.96. The first kappa shape index (κ1) is 17.6. The van der Waals surface area contributed by atoms with Gasteiger partial charge < -0.3 is 20.4 Å². The lowest BCUT2D eigenvalue weighted by Crippen LogP contribution is -2.37. The Labute approximate surface area is 140 Å². The molecule has 0 saturated carbocycles. The van der Waals surface area contributed by atoms with Crippen LogP contribution in [-0.4, -0.2) is 40.0 Å². The predicted octanol–water partition coefficient (Wildman–Crippen LogP) is 0.00778. The summed E-state index contributed by atoms with van der Waals surface area (Å²) in [5.41, 5.74) is -1.33. The van der Waals surface area contributed by atoms with E-state index in [0.717, 1.165) is 4.73 Å². The number of fused-ring (bicyclic) bond motifs is 1. The number of hydrogen-bond donors (Lipinski definition) is 3. The van der Waals surface area contributed by atoms with Gasteiger partial charge in [0.1, 0.15) is 18.9 Å². The van der Waals surface area contributed by atoms with Crippen LogP contribution in [0, 0.1) is 11.3 Å². The van der Waals surface area contributed by atoms with Crippen LogP contribution >= 0.6 is 0 Å². The summed E-state index contributed by atoms with van der Waals surface area (Å²) >= 11 is 0. The van der Waals surface area contributed by atoms with Gasteiger partial charge in [0.2, 0.25) is 0 Å². The van der Waals surface area contributed by atoms with E-state index in [0.29, 0.717) is 0 Å². The second kappa shape index (κ2) is 7.18. The number of carboxylic acid groups (broad SMARTS) is 1. The van der Waals surface area contributed by atoms with Gasteiger partial charge in [-0.25, -0.2) is 0 Å². The number of nitrogens with one attached hydrogen (secondary N) is 1. The van der Waals surface area contributed by atoms with Crippen molar-refractivity contribution in [1.82, 2.24) is 10.0 Å². The lowest BCUT2D eigenvalue weighted by molar-refractivity contribution is -0.135. The van der Waals surface area contributed by atoms with Crippen molar-refractivity contribution < 1.29 is 24.6 Å². The molecule has 0 bridgehead atoms. The van der Waals surface area contributed by atoms with Crippen LogP contribution in [0.1, 0.15) is 15.9 Å². The number of carbonyl (C=O) groups excluding carboxylic acids is 1. The lowest BCUT2D eigenvalue weighted by Gasteiger charge is -2.14. The van der Waals surface area contributed by atoms with E-state index in [9.17, 15) is 19.5 Å². The summed E-state index contributed by atoms with van der Waals surface area (Å²) in [6.07, 6.45) is 1.37. The predicted molar refractivity (Wildman–Crippen MR) is 86.2 cm³/mol. The molecule has 0 fully saturated rings. The third-order valence-electron chi connectivity index (χ3n) is 3.18. The number of carbonyl (C=O) groups is 2. The van der Waals surface area contributed by atoms with E-state index in [-0.39, 0.29) is 23.1 Å². The van der Waals surface area contributed by atoms with Gasteiger partial charge in [-0.2, -0.15) is 5.26 Å². The Kier molecular flexibility index (Phi) is 5.04. The highest BCUT2D eigenvalue weighted by atomic mass is 16.7. The average Bonchev–Trinajstić information content (AvgIpc) is 2.59. The molecule has 0 aliphatic rings. The third kappa shape index (κ3) is 3.42. The van der Waals surface area contributed by atoms with E-state index >= 15 is 0 Å². The van der Waals surface area contributed by atoms with Crippen molar-refractivity contribution in [2.24, 2.45) is 0 Å². The Morgan fingerprint density at radius 1 is 1.44 bits per heavy atom. The molecule has 0 unspecified atom stereocenters. The molecule has 0 atom stereocenters. The number of benzene rings is 1. The van der Waals surface area contributed by atoms with Crippen LogP contribution in [-0.2, 0) is 4.79 Å². The lowest BCUT2D eigenvalue weighted by atomic mass is 10.1. The van der Waals surface area contributed by atoms with Crippen LogP contribution in [0.15, 0.2) is 35.6 Å². The molecule has 0 spiro atoms. The average molecular weight is 343 g/mol. The molecule has 1 amide bonds. The first-order chi connectivity index (χ1) is 11.9. The first-order valence-electron chi connectivity index (χ1n) is 6.96. The Bertz CT molecular complexity index is 970. The van der Waals surface area contributed by atoms with Crippen molar-refractivity contribution >= 4 is 22.8 Å². The number of aromatic nitrogens is 1. The normalized spacial score (nSPS) is 10.0. The van der Waals surface area contributed by atoms with Crippen molar-refractivity contribution in [1.29, 1.82) is 5.26 Å². The maximum atomic E-state index is 12.5. The Morgan fingerprint density at radius 2 is 2.16 bits per heavy atom. The molecule has 0 radical (unpaired) electrons. The number of amides is 1. The quantitative estimate of drug-likeness (QED) is 0.627. The van der Waals surface area contributed by atoms with E-state index in [1.165, 1.54) is 24.3 Å². The van der Waals surface area contributed by atoms with E-state index in [1.54, 1.807) is 0 Å². The van der Waals surface area contributed by atoms with Gasteiger partial charge in [-0.3, -0.25) is 14.4 Å². The fraction of sp³-hybridized carbons (Fsp3) is 0.125. The highest BCUT2D eigenvalue weighted by Crippen LogP contribution is 2.27. The maximum absolute atomic E-state index is 12.5. The van der Waals surface area contributed by atoms with Gasteiger partial charge in [0.15, 0.2) is 5.56 Å². The number of carboxylic acids is 1. The zero-order chi connectivity index (χ0) is 18.6. The SMILES string of the molecule is C=CCOn1c(=O)c(C(=O)NCC(=O)O)c(O)c2cc(C#N)ccc21. The topological polar surface area (TPSA) is 142 Å². The van der Waals surface area contributed by atoms with Crippen molar-refractivity contribution in [3.05, 3.63) is 52.3 Å². The molecule has 1 heterocycles. The Balaban J connectivity index is 2.74. The van der Waals surface area contributed by atoms with Gasteiger partial charge in [-0.1, -0.05) is 12.7 Å². The van der Waals surface area contributed by atoms with Crippen molar-refractivity contribution in [2.45, 2.75) is 0 Å². The monoisotopic (exact) mass is 343 g/mol. The molecule has 3 N–H and O–H groups in total. The van der Waals surface area contributed by atoms with Gasteiger partial charge in [0.25, 0.3) is 11.5 Å². The molecule has 0 saturated heterocycles. The highest BCUT2D eigenvalue weighted by molar-refractivity contribution is 6.03. The zero-order valence-corrected chi connectivity index (χ0v) is 12.9. The second-order valence-corrected chi connectivity index (χ2v) is 4.83. The van der Waals surface area contributed by atoms with E-state index in [1.807, 2.05) is 11.4 Å². The standard InChI is InChI=1S/C16H13N3O6/c1-2-5-25-19-11-4-3-9(7-17)6-10(11)14(22)13(16(19)24)15(23)18-8-12(20)21/h2-4,6,22H,1,5,8H2,(H,18,23)(H,20,21). The molecule has 25 heavy (non-hydrogen) atoms. The number of pyridine rings is 1. The fourth-order valence-corrected chi connectivity index (χ4v) is 2.12. The summed E-state index contributed by atoms with van der Waals surface area (Å²) < 4.78 is 0.785. The molecular weight excluding hydrogens is 330 g/mol. The molecule has 128 valence electrons. The molecule has 0 aliphatic heterocycles. The number of aliphatic carboxylic acids is 1. The fourth-order valence-electron chi connectivity index (χ4n) is 2.12. The number of aromatic hydroxyl groups is 1. The van der Waals surface area contributed by atoms with Crippen LogP contribution < -0.4 is 15.7 Å². The summed E-state index contributed by atoms with van der Waals surface area (Å²) in [5.74, 6) is -3.06. The van der Waals surface area contributed by atoms with Crippen LogP contribution in [0.5, 0.6) is 5.75 Å². The largest absolute Gasteiger partial charge is 0.506 e. The third-order valence-corrected chi connectivity index (χ3v) is 3.18. The molecule has 9 heteroatoms. The molecule has 9 nitrogen and oxygen atoms in total. The van der Waals surface area contributed by atoms with Crippen LogP contribution in [0.25, 0.3) is 10.9 Å². The van der Waals surface area contributed by atoms with Crippen LogP contribution in [0.2, 0.25) is 0 Å². The number of nitrogens with zero attached hydrogens (tertiary/aromatic N) is 2. The minimum atomic E-state index is -1.32.